The van der Waals surface area contributed by atoms with E-state index in [1.165, 1.54) is 0 Å². The lowest BCUT2D eigenvalue weighted by atomic mass is 9.97. The molecule has 0 fully saturated rings. The van der Waals surface area contributed by atoms with Crippen LogP contribution in [0.5, 0.6) is 0 Å². The Hall–Kier alpha value is -1.11. The molecule has 18 heavy (non-hydrogen) atoms. The van der Waals surface area contributed by atoms with E-state index >= 15 is 0 Å². The number of benzene rings is 1. The Kier molecular flexibility index (Phi) is 5.13. The summed E-state index contributed by atoms with van der Waals surface area (Å²) < 4.78 is 0.445. The van der Waals surface area contributed by atoms with Crippen molar-refractivity contribution in [3.63, 3.8) is 0 Å². The Morgan fingerprint density at radius 1 is 1.39 bits per heavy atom. The van der Waals surface area contributed by atoms with Crippen LogP contribution < -0.4 is 5.32 Å². The quantitative estimate of drug-likeness (QED) is 0.641. The second-order valence-corrected chi connectivity index (χ2v) is 4.90. The van der Waals surface area contributed by atoms with Crippen molar-refractivity contribution in [2.45, 2.75) is 18.9 Å². The van der Waals surface area contributed by atoms with E-state index in [1.807, 2.05) is 0 Å². The number of nitrogens with one attached hydrogen (secondary N) is 1. The van der Waals surface area contributed by atoms with Crippen LogP contribution in [0, 0.1) is 0 Å². The van der Waals surface area contributed by atoms with Crippen LogP contribution in [-0.2, 0) is 0 Å². The van der Waals surface area contributed by atoms with Crippen LogP contribution in [0.4, 0.5) is 5.69 Å². The number of aliphatic hydroxyl groups excluding tert-OH is 2. The summed E-state index contributed by atoms with van der Waals surface area (Å²) in [5, 5.41) is 30.8. The SMILES string of the molecule is CCC(CO)(CO)Nc1cccc(Br)c1C(=O)O. The normalized spacial score (nSPS) is 11.3. The molecule has 0 aromatic heterocycles. The Balaban J connectivity index is 3.18. The molecule has 4 N–H and O–H groups in total. The summed E-state index contributed by atoms with van der Waals surface area (Å²) in [7, 11) is 0. The molecule has 0 aliphatic carbocycles. The molecule has 100 valence electrons. The first-order valence-electron chi connectivity index (χ1n) is 5.51. The fourth-order valence-electron chi connectivity index (χ4n) is 1.57. The largest absolute Gasteiger partial charge is 0.478 e. The number of hydrogen-bond donors (Lipinski definition) is 4. The molecule has 5 nitrogen and oxygen atoms in total. The van der Waals surface area contributed by atoms with Crippen LogP contribution in [0.1, 0.15) is 23.7 Å². The smallest absolute Gasteiger partial charge is 0.338 e. The third kappa shape index (κ3) is 3.01. The van der Waals surface area contributed by atoms with Crippen LogP contribution >= 0.6 is 15.9 Å². The molecule has 1 aromatic carbocycles. The van der Waals surface area contributed by atoms with Gasteiger partial charge < -0.3 is 20.6 Å². The fraction of sp³-hybridized carbons (Fsp3) is 0.417. The molecule has 0 saturated carbocycles. The first kappa shape index (κ1) is 14.9. The van der Waals surface area contributed by atoms with Gasteiger partial charge in [0.1, 0.15) is 0 Å². The molecule has 1 rings (SSSR count). The number of aliphatic hydroxyl groups is 2. The van der Waals surface area contributed by atoms with Gasteiger partial charge in [0, 0.05) is 4.47 Å². The van der Waals surface area contributed by atoms with E-state index in [-0.39, 0.29) is 18.8 Å². The Morgan fingerprint density at radius 2 is 2.00 bits per heavy atom. The second kappa shape index (κ2) is 6.17. The number of halogens is 1. The van der Waals surface area contributed by atoms with Gasteiger partial charge in [-0.25, -0.2) is 4.79 Å². The van der Waals surface area contributed by atoms with Crippen LogP contribution in [0.2, 0.25) is 0 Å². The van der Waals surface area contributed by atoms with Gasteiger partial charge in [-0.05, 0) is 34.5 Å². The zero-order valence-corrected chi connectivity index (χ0v) is 11.6. The van der Waals surface area contributed by atoms with Gasteiger partial charge in [-0.1, -0.05) is 13.0 Å². The van der Waals surface area contributed by atoms with Gasteiger partial charge in [0.25, 0.3) is 0 Å². The zero-order chi connectivity index (χ0) is 13.8. The zero-order valence-electron chi connectivity index (χ0n) is 9.98. The number of carboxylic acid groups (broad SMARTS) is 1. The maximum atomic E-state index is 11.2. The monoisotopic (exact) mass is 317 g/mol. The van der Waals surface area contributed by atoms with Crippen molar-refractivity contribution in [2.75, 3.05) is 18.5 Å². The van der Waals surface area contributed by atoms with Crippen LogP contribution in [0.25, 0.3) is 0 Å². The topological polar surface area (TPSA) is 89.8 Å². The lowest BCUT2D eigenvalue weighted by Gasteiger charge is -2.31. The average molecular weight is 318 g/mol. The third-order valence-corrected chi connectivity index (χ3v) is 3.57. The van der Waals surface area contributed by atoms with Crippen molar-refractivity contribution >= 4 is 27.6 Å². The third-order valence-electron chi connectivity index (χ3n) is 2.91. The van der Waals surface area contributed by atoms with E-state index in [1.54, 1.807) is 25.1 Å². The van der Waals surface area contributed by atoms with Gasteiger partial charge in [-0.15, -0.1) is 0 Å². The highest BCUT2D eigenvalue weighted by molar-refractivity contribution is 9.10. The maximum Gasteiger partial charge on any atom is 0.338 e. The van der Waals surface area contributed by atoms with E-state index in [2.05, 4.69) is 21.2 Å². The molecule has 0 saturated heterocycles. The number of rotatable bonds is 6. The van der Waals surface area contributed by atoms with Crippen LogP contribution in [-0.4, -0.2) is 40.0 Å². The highest BCUT2D eigenvalue weighted by atomic mass is 79.9. The molecule has 0 atom stereocenters. The standard InChI is InChI=1S/C12H16BrNO4/c1-2-12(6-15,7-16)14-9-5-3-4-8(13)10(9)11(17)18/h3-5,14-16H,2,6-7H2,1H3,(H,17,18). The molecule has 0 spiro atoms. The van der Waals surface area contributed by atoms with Gasteiger partial charge >= 0.3 is 5.97 Å². The number of carboxylic acids is 1. The van der Waals surface area contributed by atoms with Gasteiger partial charge in [0.05, 0.1) is 30.0 Å². The molecular weight excluding hydrogens is 302 g/mol. The molecule has 0 amide bonds. The van der Waals surface area contributed by atoms with Crippen molar-refractivity contribution in [2.24, 2.45) is 0 Å². The maximum absolute atomic E-state index is 11.2. The highest BCUT2D eigenvalue weighted by Gasteiger charge is 2.28. The minimum atomic E-state index is -1.08. The molecule has 6 heteroatoms. The Labute approximate surface area is 114 Å². The fourth-order valence-corrected chi connectivity index (χ4v) is 2.11. The van der Waals surface area contributed by atoms with Crippen molar-refractivity contribution in [3.05, 3.63) is 28.2 Å². The van der Waals surface area contributed by atoms with Gasteiger partial charge in [-0.2, -0.15) is 0 Å². The summed E-state index contributed by atoms with van der Waals surface area (Å²) in [6, 6.07) is 4.91. The van der Waals surface area contributed by atoms with Gasteiger partial charge in [-0.3, -0.25) is 0 Å². The Bertz CT molecular complexity index is 424. The van der Waals surface area contributed by atoms with E-state index < -0.39 is 11.5 Å². The highest BCUT2D eigenvalue weighted by Crippen LogP contribution is 2.28. The van der Waals surface area contributed by atoms with Crippen molar-refractivity contribution in [3.8, 4) is 0 Å². The van der Waals surface area contributed by atoms with Crippen molar-refractivity contribution < 1.29 is 20.1 Å². The van der Waals surface area contributed by atoms with E-state index in [0.717, 1.165) is 0 Å². The number of carbonyl (C=O) groups is 1. The van der Waals surface area contributed by atoms with Crippen LogP contribution in [0.3, 0.4) is 0 Å². The molecular formula is C12H16BrNO4. The van der Waals surface area contributed by atoms with Crippen molar-refractivity contribution in [1.29, 1.82) is 0 Å². The van der Waals surface area contributed by atoms with Gasteiger partial charge in [0.15, 0.2) is 0 Å². The number of hydrogen-bond acceptors (Lipinski definition) is 4. The molecule has 0 aliphatic rings. The summed E-state index contributed by atoms with van der Waals surface area (Å²) >= 11 is 3.18. The van der Waals surface area contributed by atoms with Crippen LogP contribution in [0.15, 0.2) is 22.7 Å². The van der Waals surface area contributed by atoms with Crippen molar-refractivity contribution in [1.82, 2.24) is 0 Å². The van der Waals surface area contributed by atoms with Gasteiger partial charge in [0.2, 0.25) is 0 Å². The summed E-state index contributed by atoms with van der Waals surface area (Å²) in [5.74, 6) is -1.08. The molecule has 0 radical (unpaired) electrons. The summed E-state index contributed by atoms with van der Waals surface area (Å²) in [4.78, 5) is 11.2. The molecule has 0 aliphatic heterocycles. The number of anilines is 1. The predicted molar refractivity (Wildman–Crippen MR) is 71.9 cm³/mol. The minimum absolute atomic E-state index is 0.0808. The van der Waals surface area contributed by atoms with E-state index in [4.69, 9.17) is 5.11 Å². The number of aromatic carboxylic acids is 1. The summed E-state index contributed by atoms with van der Waals surface area (Å²) in [5.41, 5.74) is -0.482. The summed E-state index contributed by atoms with van der Waals surface area (Å²) in [6.45, 7) is 1.23. The average Bonchev–Trinajstić information content (AvgIpc) is 2.35. The molecule has 0 bridgehead atoms. The molecule has 0 heterocycles. The van der Waals surface area contributed by atoms with E-state index in [9.17, 15) is 15.0 Å². The predicted octanol–water partition coefficient (Wildman–Crippen LogP) is 1.69. The first-order chi connectivity index (χ1) is 8.49. The Morgan fingerprint density at radius 3 is 2.44 bits per heavy atom. The molecule has 0 unspecified atom stereocenters. The van der Waals surface area contributed by atoms with E-state index in [0.29, 0.717) is 16.6 Å². The molecule has 1 aromatic rings. The first-order valence-corrected chi connectivity index (χ1v) is 6.30. The second-order valence-electron chi connectivity index (χ2n) is 4.04. The lowest BCUT2D eigenvalue weighted by Crippen LogP contribution is -2.45. The minimum Gasteiger partial charge on any atom is -0.478 e. The lowest BCUT2D eigenvalue weighted by molar-refractivity contribution is 0.0696. The summed E-state index contributed by atoms with van der Waals surface area (Å²) in [6.07, 6.45) is 0.464.